The van der Waals surface area contributed by atoms with Crippen molar-refractivity contribution in [3.8, 4) is 5.75 Å². The molecule has 22 heavy (non-hydrogen) atoms. The number of hydrogen-bond donors (Lipinski definition) is 1. The van der Waals surface area contributed by atoms with Crippen LogP contribution in [0.5, 0.6) is 5.75 Å². The van der Waals surface area contributed by atoms with Crippen molar-refractivity contribution in [2.24, 2.45) is 0 Å². The first kappa shape index (κ1) is 16.9. The fourth-order valence-electron chi connectivity index (χ4n) is 2.63. The van der Waals surface area contributed by atoms with E-state index >= 15 is 0 Å². The number of aryl methyl sites for hydroxylation is 1. The Balaban J connectivity index is 2.49. The van der Waals surface area contributed by atoms with Crippen LogP contribution in [0.3, 0.4) is 0 Å². The van der Waals surface area contributed by atoms with E-state index in [1.54, 1.807) is 10.0 Å². The summed E-state index contributed by atoms with van der Waals surface area (Å²) in [6.07, 6.45) is 0. The van der Waals surface area contributed by atoms with E-state index in [4.69, 9.17) is 0 Å². The standard InChI is InChI=1S/C17H24N2O2S/c1-10-8-12(9-13(14(10)20)17(3,4)5)15-16(21)19(18(6)7)11(2)22-15/h8-9,15,20H,2H2,1,3-7H3. The number of aromatic hydroxyl groups is 1. The minimum Gasteiger partial charge on any atom is -0.507 e. The summed E-state index contributed by atoms with van der Waals surface area (Å²) in [6.45, 7) is 12.0. The van der Waals surface area contributed by atoms with E-state index in [2.05, 4.69) is 27.4 Å². The third-order valence-electron chi connectivity index (χ3n) is 3.76. The summed E-state index contributed by atoms with van der Waals surface area (Å²) < 4.78 is 0. The number of benzene rings is 1. The second kappa shape index (κ2) is 5.63. The van der Waals surface area contributed by atoms with Crippen molar-refractivity contribution in [1.82, 2.24) is 10.0 Å². The van der Waals surface area contributed by atoms with Crippen LogP contribution in [0.1, 0.15) is 42.7 Å². The number of hydrogen-bond acceptors (Lipinski definition) is 4. The molecule has 1 amide bonds. The molecule has 1 atom stereocenters. The van der Waals surface area contributed by atoms with Gasteiger partial charge in [0.2, 0.25) is 0 Å². The van der Waals surface area contributed by atoms with E-state index in [1.807, 2.05) is 33.2 Å². The molecule has 120 valence electrons. The van der Waals surface area contributed by atoms with Gasteiger partial charge in [-0.25, -0.2) is 10.0 Å². The molecule has 1 aliphatic rings. The van der Waals surface area contributed by atoms with Crippen molar-refractivity contribution in [2.75, 3.05) is 14.1 Å². The number of phenols is 1. The number of rotatable bonds is 2. The lowest BCUT2D eigenvalue weighted by Gasteiger charge is -2.25. The lowest BCUT2D eigenvalue weighted by Crippen LogP contribution is -2.37. The zero-order valence-electron chi connectivity index (χ0n) is 14.1. The molecule has 2 rings (SSSR count). The van der Waals surface area contributed by atoms with Crippen LogP contribution in [0.4, 0.5) is 0 Å². The van der Waals surface area contributed by atoms with E-state index in [-0.39, 0.29) is 16.6 Å². The van der Waals surface area contributed by atoms with Gasteiger partial charge in [0.15, 0.2) is 0 Å². The van der Waals surface area contributed by atoms with Crippen molar-refractivity contribution >= 4 is 17.7 Å². The summed E-state index contributed by atoms with van der Waals surface area (Å²) in [7, 11) is 3.66. The zero-order chi connectivity index (χ0) is 16.8. The summed E-state index contributed by atoms with van der Waals surface area (Å²) >= 11 is 1.46. The fourth-order valence-corrected chi connectivity index (χ4v) is 3.73. The van der Waals surface area contributed by atoms with E-state index < -0.39 is 0 Å². The van der Waals surface area contributed by atoms with Crippen molar-refractivity contribution in [3.63, 3.8) is 0 Å². The number of carbonyl (C=O) groups excluding carboxylic acids is 1. The Hall–Kier alpha value is -1.46. The predicted molar refractivity (Wildman–Crippen MR) is 91.5 cm³/mol. The van der Waals surface area contributed by atoms with Crippen LogP contribution in [0.15, 0.2) is 23.7 Å². The third kappa shape index (κ3) is 2.88. The van der Waals surface area contributed by atoms with Gasteiger partial charge in [-0.2, -0.15) is 0 Å². The maximum atomic E-state index is 12.7. The first-order valence-electron chi connectivity index (χ1n) is 7.24. The molecule has 4 nitrogen and oxygen atoms in total. The number of amides is 1. The highest BCUT2D eigenvalue weighted by Crippen LogP contribution is 2.46. The van der Waals surface area contributed by atoms with Crippen molar-refractivity contribution < 1.29 is 9.90 Å². The monoisotopic (exact) mass is 320 g/mol. The fraction of sp³-hybridized carbons (Fsp3) is 0.471. The number of hydrazine groups is 1. The van der Waals surface area contributed by atoms with Gasteiger partial charge in [-0.05, 0) is 35.1 Å². The molecule has 1 aliphatic heterocycles. The van der Waals surface area contributed by atoms with E-state index in [1.165, 1.54) is 11.8 Å². The molecule has 0 radical (unpaired) electrons. The third-order valence-corrected chi connectivity index (χ3v) is 4.91. The van der Waals surface area contributed by atoms with Gasteiger partial charge in [0.1, 0.15) is 11.0 Å². The summed E-state index contributed by atoms with van der Waals surface area (Å²) in [6, 6.07) is 3.84. The lowest BCUT2D eigenvalue weighted by molar-refractivity contribution is -0.137. The highest BCUT2D eigenvalue weighted by atomic mass is 32.2. The van der Waals surface area contributed by atoms with Crippen molar-refractivity contribution in [3.05, 3.63) is 40.4 Å². The van der Waals surface area contributed by atoms with Gasteiger partial charge in [0, 0.05) is 14.1 Å². The number of carbonyl (C=O) groups is 1. The molecule has 5 heteroatoms. The lowest BCUT2D eigenvalue weighted by atomic mass is 9.83. The van der Waals surface area contributed by atoms with Crippen LogP contribution in [-0.2, 0) is 10.2 Å². The minimum atomic E-state index is -0.310. The maximum absolute atomic E-state index is 12.7. The average Bonchev–Trinajstić information content (AvgIpc) is 2.66. The van der Waals surface area contributed by atoms with E-state index in [9.17, 15) is 9.90 Å². The summed E-state index contributed by atoms with van der Waals surface area (Å²) in [5.74, 6) is 0.319. The molecule has 1 saturated heterocycles. The SMILES string of the molecule is C=C1SC(c2cc(C)c(O)c(C(C)(C)C)c2)C(=O)N1N(C)C. The van der Waals surface area contributed by atoms with Gasteiger partial charge in [0.05, 0.1) is 5.03 Å². The van der Waals surface area contributed by atoms with Gasteiger partial charge in [-0.3, -0.25) is 4.79 Å². The van der Waals surface area contributed by atoms with Gasteiger partial charge < -0.3 is 5.11 Å². The maximum Gasteiger partial charge on any atom is 0.260 e. The first-order chi connectivity index (χ1) is 10.0. The number of thioether (sulfide) groups is 1. The Morgan fingerprint density at radius 1 is 1.32 bits per heavy atom. The quantitative estimate of drug-likeness (QED) is 0.905. The molecule has 1 heterocycles. The van der Waals surface area contributed by atoms with E-state index in [0.717, 1.165) is 21.7 Å². The highest BCUT2D eigenvalue weighted by Gasteiger charge is 2.39. The second-order valence-corrected chi connectivity index (χ2v) is 8.05. The summed E-state index contributed by atoms with van der Waals surface area (Å²) in [4.78, 5) is 12.7. The van der Waals surface area contributed by atoms with Crippen LogP contribution in [0, 0.1) is 6.92 Å². The van der Waals surface area contributed by atoms with Crippen molar-refractivity contribution in [1.29, 1.82) is 0 Å². The van der Waals surface area contributed by atoms with Gasteiger partial charge in [-0.1, -0.05) is 45.2 Å². The molecule has 0 bridgehead atoms. The zero-order valence-corrected chi connectivity index (χ0v) is 14.9. The second-order valence-electron chi connectivity index (χ2n) is 6.87. The molecular weight excluding hydrogens is 296 g/mol. The Kier molecular flexibility index (Phi) is 4.33. The molecule has 1 aromatic carbocycles. The minimum absolute atomic E-state index is 0.00458. The average molecular weight is 320 g/mol. The smallest absolute Gasteiger partial charge is 0.260 e. The number of nitrogens with zero attached hydrogens (tertiary/aromatic N) is 2. The Labute approximate surface area is 136 Å². The molecule has 0 saturated carbocycles. The largest absolute Gasteiger partial charge is 0.507 e. The number of phenolic OH excluding ortho intramolecular Hbond substituents is 1. The molecule has 1 fully saturated rings. The highest BCUT2D eigenvalue weighted by molar-refractivity contribution is 8.04. The molecule has 0 aliphatic carbocycles. The summed E-state index contributed by atoms with van der Waals surface area (Å²) in [5, 5.41) is 14.1. The normalized spacial score (nSPS) is 19.4. The molecule has 0 aromatic heterocycles. The van der Waals surface area contributed by atoms with Gasteiger partial charge >= 0.3 is 0 Å². The van der Waals surface area contributed by atoms with Crippen LogP contribution >= 0.6 is 11.8 Å². The van der Waals surface area contributed by atoms with Crippen LogP contribution < -0.4 is 0 Å². The molecule has 1 N–H and O–H groups in total. The first-order valence-corrected chi connectivity index (χ1v) is 8.12. The van der Waals surface area contributed by atoms with E-state index in [0.29, 0.717) is 5.75 Å². The Bertz CT molecular complexity index is 632. The van der Waals surface area contributed by atoms with Crippen LogP contribution in [0.2, 0.25) is 0 Å². The molecular formula is C17H24N2O2S. The molecule has 1 aromatic rings. The summed E-state index contributed by atoms with van der Waals surface area (Å²) in [5.41, 5.74) is 2.39. The predicted octanol–water partition coefficient (Wildman–Crippen LogP) is 3.56. The Morgan fingerprint density at radius 3 is 2.36 bits per heavy atom. The topological polar surface area (TPSA) is 43.8 Å². The van der Waals surface area contributed by atoms with Crippen LogP contribution in [-0.4, -0.2) is 35.1 Å². The van der Waals surface area contributed by atoms with Gasteiger partial charge in [-0.15, -0.1) is 0 Å². The van der Waals surface area contributed by atoms with Crippen molar-refractivity contribution in [2.45, 2.75) is 38.4 Å². The Morgan fingerprint density at radius 2 is 1.91 bits per heavy atom. The molecule has 1 unspecified atom stereocenters. The van der Waals surface area contributed by atoms with Crippen LogP contribution in [0.25, 0.3) is 0 Å². The van der Waals surface area contributed by atoms with Gasteiger partial charge in [0.25, 0.3) is 5.91 Å². The molecule has 0 spiro atoms.